The van der Waals surface area contributed by atoms with Crippen LogP contribution in [0.3, 0.4) is 0 Å². The van der Waals surface area contributed by atoms with E-state index in [1.165, 1.54) is 7.11 Å². The Morgan fingerprint density at radius 3 is 3.24 bits per heavy atom. The van der Waals surface area contributed by atoms with Crippen LogP contribution in [0.15, 0.2) is 17.5 Å². The molecule has 0 radical (unpaired) electrons. The first-order chi connectivity index (χ1) is 8.31. The van der Waals surface area contributed by atoms with Crippen molar-refractivity contribution < 1.29 is 14.3 Å². The van der Waals surface area contributed by atoms with Crippen LogP contribution in [0.5, 0.6) is 0 Å². The Kier molecular flexibility index (Phi) is 4.53. The molecule has 1 aromatic rings. The second-order valence-corrected chi connectivity index (χ2v) is 4.99. The van der Waals surface area contributed by atoms with Gasteiger partial charge in [-0.2, -0.15) is 0 Å². The zero-order valence-corrected chi connectivity index (χ0v) is 10.7. The summed E-state index contributed by atoms with van der Waals surface area (Å²) in [6, 6.07) is 3.50. The third kappa shape index (κ3) is 3.28. The monoisotopic (exact) mass is 255 g/mol. The molecular weight excluding hydrogens is 238 g/mol. The number of ether oxygens (including phenoxy) is 2. The van der Waals surface area contributed by atoms with Crippen molar-refractivity contribution in [2.24, 2.45) is 0 Å². The number of esters is 1. The lowest BCUT2D eigenvalue weighted by Crippen LogP contribution is -2.34. The van der Waals surface area contributed by atoms with Crippen molar-refractivity contribution >= 4 is 17.3 Å². The van der Waals surface area contributed by atoms with Crippen LogP contribution in [0.25, 0.3) is 0 Å². The average Bonchev–Trinajstić information content (AvgIpc) is 3.01. The Morgan fingerprint density at radius 1 is 1.76 bits per heavy atom. The summed E-state index contributed by atoms with van der Waals surface area (Å²) in [5.74, 6) is -0.245. The van der Waals surface area contributed by atoms with E-state index in [0.29, 0.717) is 6.54 Å². The van der Waals surface area contributed by atoms with Crippen molar-refractivity contribution in [1.29, 1.82) is 0 Å². The second-order valence-electron chi connectivity index (χ2n) is 4.01. The quantitative estimate of drug-likeness (QED) is 0.814. The summed E-state index contributed by atoms with van der Waals surface area (Å²) in [5.41, 5.74) is 0. The van der Waals surface area contributed by atoms with Gasteiger partial charge in [0.15, 0.2) is 0 Å². The number of methoxy groups -OCH3 is 1. The fraction of sp³-hybridized carbons (Fsp3) is 0.583. The molecular formula is C12H17NO3S. The summed E-state index contributed by atoms with van der Waals surface area (Å²) in [6.07, 6.45) is 2.39. The van der Waals surface area contributed by atoms with Crippen molar-refractivity contribution in [2.75, 3.05) is 20.3 Å². The number of rotatable bonds is 5. The van der Waals surface area contributed by atoms with E-state index in [2.05, 4.69) is 5.32 Å². The van der Waals surface area contributed by atoms with Crippen molar-refractivity contribution in [3.8, 4) is 0 Å². The van der Waals surface area contributed by atoms with Gasteiger partial charge in [-0.1, -0.05) is 6.07 Å². The molecule has 94 valence electrons. The van der Waals surface area contributed by atoms with Crippen LogP contribution in [0.2, 0.25) is 0 Å². The van der Waals surface area contributed by atoms with E-state index in [-0.39, 0.29) is 18.1 Å². The first-order valence-electron chi connectivity index (χ1n) is 5.77. The zero-order chi connectivity index (χ0) is 12.1. The van der Waals surface area contributed by atoms with Gasteiger partial charge in [-0.25, -0.2) is 4.79 Å². The molecule has 0 bridgehead atoms. The minimum Gasteiger partial charge on any atom is -0.468 e. The summed E-state index contributed by atoms with van der Waals surface area (Å²) < 4.78 is 10.3. The van der Waals surface area contributed by atoms with Gasteiger partial charge in [0.1, 0.15) is 6.04 Å². The highest BCUT2D eigenvalue weighted by Gasteiger charge is 2.24. The molecule has 1 fully saturated rings. The fourth-order valence-corrected chi connectivity index (χ4v) is 2.72. The zero-order valence-electron chi connectivity index (χ0n) is 9.85. The molecule has 2 heterocycles. The number of thiophene rings is 1. The van der Waals surface area contributed by atoms with Gasteiger partial charge in [-0.05, 0) is 24.3 Å². The predicted octanol–water partition coefficient (Wildman–Crippen LogP) is 1.73. The molecule has 5 heteroatoms. The molecule has 2 unspecified atom stereocenters. The molecule has 0 aromatic carbocycles. The fourth-order valence-electron chi connectivity index (χ4n) is 1.93. The average molecular weight is 255 g/mol. The lowest BCUT2D eigenvalue weighted by molar-refractivity contribution is -0.143. The minimum absolute atomic E-state index is 0.224. The summed E-state index contributed by atoms with van der Waals surface area (Å²) >= 11 is 1.55. The number of carbonyl (C=O) groups is 1. The topological polar surface area (TPSA) is 47.6 Å². The van der Waals surface area contributed by atoms with Crippen molar-refractivity contribution in [3.05, 3.63) is 22.4 Å². The van der Waals surface area contributed by atoms with Gasteiger partial charge in [0.25, 0.3) is 0 Å². The summed E-state index contributed by atoms with van der Waals surface area (Å²) in [6.45, 7) is 1.52. The highest BCUT2D eigenvalue weighted by Crippen LogP contribution is 2.21. The number of hydrogen-bond acceptors (Lipinski definition) is 5. The van der Waals surface area contributed by atoms with Gasteiger partial charge in [-0.3, -0.25) is 5.32 Å². The maximum absolute atomic E-state index is 11.7. The van der Waals surface area contributed by atoms with Crippen LogP contribution in [0, 0.1) is 0 Å². The molecule has 0 saturated carbocycles. The first-order valence-corrected chi connectivity index (χ1v) is 6.65. The van der Waals surface area contributed by atoms with Gasteiger partial charge in [0, 0.05) is 18.0 Å². The van der Waals surface area contributed by atoms with Crippen LogP contribution in [0.4, 0.5) is 0 Å². The standard InChI is InChI=1S/C12H17NO3S/c1-15-12(14)11(10-5-3-7-17-10)13-8-9-4-2-6-16-9/h3,5,7,9,11,13H,2,4,6,8H2,1H3. The molecule has 1 saturated heterocycles. The third-order valence-electron chi connectivity index (χ3n) is 2.84. The largest absolute Gasteiger partial charge is 0.468 e. The number of carbonyl (C=O) groups excluding carboxylic acids is 1. The van der Waals surface area contributed by atoms with Crippen LogP contribution >= 0.6 is 11.3 Å². The van der Waals surface area contributed by atoms with Crippen LogP contribution in [0.1, 0.15) is 23.8 Å². The maximum Gasteiger partial charge on any atom is 0.328 e. The summed E-state index contributed by atoms with van der Waals surface area (Å²) in [7, 11) is 1.41. The van der Waals surface area contributed by atoms with E-state index in [0.717, 1.165) is 24.3 Å². The van der Waals surface area contributed by atoms with E-state index < -0.39 is 0 Å². The summed E-state index contributed by atoms with van der Waals surface area (Å²) in [5, 5.41) is 5.18. The van der Waals surface area contributed by atoms with Gasteiger partial charge >= 0.3 is 5.97 Å². The molecule has 4 nitrogen and oxygen atoms in total. The Hall–Kier alpha value is -0.910. The van der Waals surface area contributed by atoms with Crippen LogP contribution in [-0.2, 0) is 14.3 Å². The van der Waals surface area contributed by atoms with E-state index in [1.807, 2.05) is 17.5 Å². The predicted molar refractivity (Wildman–Crippen MR) is 66.1 cm³/mol. The molecule has 17 heavy (non-hydrogen) atoms. The lowest BCUT2D eigenvalue weighted by atomic mass is 10.2. The molecule has 1 aromatic heterocycles. The van der Waals surface area contributed by atoms with Crippen molar-refractivity contribution in [2.45, 2.75) is 25.0 Å². The highest BCUT2D eigenvalue weighted by molar-refractivity contribution is 7.10. The van der Waals surface area contributed by atoms with Gasteiger partial charge in [0.05, 0.1) is 13.2 Å². The van der Waals surface area contributed by atoms with E-state index in [9.17, 15) is 4.79 Å². The Balaban J connectivity index is 1.93. The Labute approximate surface area is 105 Å². The smallest absolute Gasteiger partial charge is 0.328 e. The molecule has 0 spiro atoms. The minimum atomic E-state index is -0.371. The molecule has 1 N–H and O–H groups in total. The molecule has 2 atom stereocenters. The van der Waals surface area contributed by atoms with Crippen LogP contribution in [-0.4, -0.2) is 32.3 Å². The molecule has 1 aliphatic heterocycles. The van der Waals surface area contributed by atoms with E-state index in [1.54, 1.807) is 11.3 Å². The number of hydrogen-bond donors (Lipinski definition) is 1. The molecule has 2 rings (SSSR count). The molecule has 0 aliphatic carbocycles. The third-order valence-corrected chi connectivity index (χ3v) is 3.78. The van der Waals surface area contributed by atoms with E-state index in [4.69, 9.17) is 9.47 Å². The van der Waals surface area contributed by atoms with Crippen LogP contribution < -0.4 is 5.32 Å². The lowest BCUT2D eigenvalue weighted by Gasteiger charge is -2.17. The number of nitrogens with one attached hydrogen (secondary N) is 1. The maximum atomic E-state index is 11.7. The molecule has 0 amide bonds. The van der Waals surface area contributed by atoms with E-state index >= 15 is 0 Å². The SMILES string of the molecule is COC(=O)C(NCC1CCCO1)c1cccs1. The summed E-state index contributed by atoms with van der Waals surface area (Å²) in [4.78, 5) is 12.7. The first kappa shape index (κ1) is 12.5. The van der Waals surface area contributed by atoms with Crippen molar-refractivity contribution in [1.82, 2.24) is 5.32 Å². The van der Waals surface area contributed by atoms with Crippen molar-refractivity contribution in [3.63, 3.8) is 0 Å². The van der Waals surface area contributed by atoms with Gasteiger partial charge in [0.2, 0.25) is 0 Å². The van der Waals surface area contributed by atoms with Gasteiger partial charge in [-0.15, -0.1) is 11.3 Å². The Bertz CT molecular complexity index is 347. The Morgan fingerprint density at radius 2 is 2.65 bits per heavy atom. The van der Waals surface area contributed by atoms with Gasteiger partial charge < -0.3 is 9.47 Å². The second kappa shape index (κ2) is 6.14. The molecule has 1 aliphatic rings. The normalized spacial score (nSPS) is 21.4. The highest BCUT2D eigenvalue weighted by atomic mass is 32.1.